The van der Waals surface area contributed by atoms with E-state index in [4.69, 9.17) is 21.1 Å². The third kappa shape index (κ3) is 5.21. The number of halogens is 1. The number of hydrogen-bond donors (Lipinski definition) is 3. The number of amides is 1. The molecule has 0 bridgehead atoms. The van der Waals surface area contributed by atoms with Crippen molar-refractivity contribution < 1.29 is 14.3 Å². The van der Waals surface area contributed by atoms with Crippen LogP contribution in [0.2, 0.25) is 5.02 Å². The summed E-state index contributed by atoms with van der Waals surface area (Å²) < 4.78 is 11.2. The van der Waals surface area contributed by atoms with Crippen LogP contribution in [-0.4, -0.2) is 25.7 Å². The van der Waals surface area contributed by atoms with Crippen molar-refractivity contribution in [2.45, 2.75) is 39.0 Å². The van der Waals surface area contributed by atoms with Crippen LogP contribution >= 0.6 is 11.6 Å². The van der Waals surface area contributed by atoms with E-state index in [9.17, 15) is 4.79 Å². The van der Waals surface area contributed by atoms with E-state index in [0.717, 1.165) is 11.1 Å². The van der Waals surface area contributed by atoms with Crippen LogP contribution < -0.4 is 25.6 Å². The second kappa shape index (κ2) is 9.48. The summed E-state index contributed by atoms with van der Waals surface area (Å²) in [5.74, 6) is 1.10. The lowest BCUT2D eigenvalue weighted by molar-refractivity contribution is -0.125. The van der Waals surface area contributed by atoms with E-state index in [2.05, 4.69) is 16.2 Å². The zero-order valence-corrected chi connectivity index (χ0v) is 17.9. The lowest BCUT2D eigenvalue weighted by atomic mass is 9.93. The van der Waals surface area contributed by atoms with Gasteiger partial charge in [0.05, 0.1) is 31.2 Å². The Morgan fingerprint density at radius 2 is 1.86 bits per heavy atom. The van der Waals surface area contributed by atoms with E-state index < -0.39 is 0 Å². The highest BCUT2D eigenvalue weighted by Gasteiger charge is 2.34. The molecule has 0 aliphatic carbocycles. The molecule has 0 radical (unpaired) electrons. The quantitative estimate of drug-likeness (QED) is 0.639. The molecule has 1 aliphatic heterocycles. The summed E-state index contributed by atoms with van der Waals surface area (Å²) in [4.78, 5) is 13.0. The van der Waals surface area contributed by atoms with Crippen LogP contribution in [0.1, 0.15) is 44.0 Å². The molecule has 0 spiro atoms. The van der Waals surface area contributed by atoms with E-state index in [1.165, 1.54) is 0 Å². The minimum Gasteiger partial charge on any atom is -0.493 e. The van der Waals surface area contributed by atoms with Gasteiger partial charge >= 0.3 is 0 Å². The van der Waals surface area contributed by atoms with Gasteiger partial charge in [-0.25, -0.2) is 5.43 Å². The predicted molar refractivity (Wildman–Crippen MR) is 114 cm³/mol. The van der Waals surface area contributed by atoms with E-state index in [1.54, 1.807) is 7.11 Å². The average molecular weight is 418 g/mol. The van der Waals surface area contributed by atoms with Crippen molar-refractivity contribution in [1.82, 2.24) is 16.2 Å². The fraction of sp³-hybridized carbons (Fsp3) is 0.409. The molecule has 0 saturated carbocycles. The molecule has 1 saturated heterocycles. The standard InChI is InChI=1S/C22H28ClN3O3/c1-13(2)29-19-10-7-16(11-20(19)28-4)14(3)25-22(27)18-12-24-26-21(18)15-5-8-17(23)9-6-15/h5-11,13-14,18,21,24,26H,12H2,1-4H3,(H,25,27). The summed E-state index contributed by atoms with van der Waals surface area (Å²) in [6.07, 6.45) is 0.0547. The van der Waals surface area contributed by atoms with Gasteiger partial charge in [0.25, 0.3) is 0 Å². The SMILES string of the molecule is COc1cc(C(C)NC(=O)C2CNNC2c2ccc(Cl)cc2)ccc1OC(C)C. The maximum absolute atomic E-state index is 13.0. The maximum atomic E-state index is 13.0. The highest BCUT2D eigenvalue weighted by atomic mass is 35.5. The molecule has 3 unspecified atom stereocenters. The monoisotopic (exact) mass is 417 g/mol. The van der Waals surface area contributed by atoms with Gasteiger partial charge in [-0.15, -0.1) is 0 Å². The van der Waals surface area contributed by atoms with Crippen LogP contribution in [0.3, 0.4) is 0 Å². The first-order valence-electron chi connectivity index (χ1n) is 9.78. The number of methoxy groups -OCH3 is 1. The molecule has 2 aromatic carbocycles. The smallest absolute Gasteiger partial charge is 0.226 e. The Kier molecular flexibility index (Phi) is 7.00. The third-order valence-electron chi connectivity index (χ3n) is 4.96. The Balaban J connectivity index is 1.70. The van der Waals surface area contributed by atoms with Crippen molar-refractivity contribution in [2.24, 2.45) is 5.92 Å². The number of benzene rings is 2. The van der Waals surface area contributed by atoms with E-state index in [-0.39, 0.29) is 30.0 Å². The number of carbonyl (C=O) groups is 1. The molecule has 29 heavy (non-hydrogen) atoms. The highest BCUT2D eigenvalue weighted by molar-refractivity contribution is 6.30. The second-order valence-corrected chi connectivity index (χ2v) is 7.90. The van der Waals surface area contributed by atoms with E-state index >= 15 is 0 Å². The molecular formula is C22H28ClN3O3. The molecule has 1 aliphatic rings. The number of hydrazine groups is 1. The van der Waals surface area contributed by atoms with Crippen molar-refractivity contribution >= 4 is 17.5 Å². The van der Waals surface area contributed by atoms with Gasteiger partial charge < -0.3 is 14.8 Å². The highest BCUT2D eigenvalue weighted by Crippen LogP contribution is 2.32. The maximum Gasteiger partial charge on any atom is 0.226 e. The van der Waals surface area contributed by atoms with Crippen LogP contribution in [0.4, 0.5) is 0 Å². The number of hydrogen-bond acceptors (Lipinski definition) is 5. The van der Waals surface area contributed by atoms with Crippen molar-refractivity contribution in [2.75, 3.05) is 13.7 Å². The van der Waals surface area contributed by atoms with Crippen molar-refractivity contribution in [3.8, 4) is 11.5 Å². The number of rotatable bonds is 7. The Morgan fingerprint density at radius 3 is 2.52 bits per heavy atom. The number of ether oxygens (including phenoxy) is 2. The third-order valence-corrected chi connectivity index (χ3v) is 5.21. The van der Waals surface area contributed by atoms with Crippen LogP contribution in [0.25, 0.3) is 0 Å². The number of carbonyl (C=O) groups excluding carboxylic acids is 1. The van der Waals surface area contributed by atoms with Crippen LogP contribution in [0.5, 0.6) is 11.5 Å². The van der Waals surface area contributed by atoms with Gasteiger partial charge in [-0.05, 0) is 56.2 Å². The van der Waals surface area contributed by atoms with Gasteiger partial charge in [-0.3, -0.25) is 10.2 Å². The zero-order chi connectivity index (χ0) is 21.0. The molecule has 2 aromatic rings. The summed E-state index contributed by atoms with van der Waals surface area (Å²) in [5.41, 5.74) is 8.25. The summed E-state index contributed by atoms with van der Waals surface area (Å²) in [7, 11) is 1.61. The van der Waals surface area contributed by atoms with Gasteiger partial charge in [-0.2, -0.15) is 0 Å². The molecule has 6 nitrogen and oxygen atoms in total. The van der Waals surface area contributed by atoms with Crippen LogP contribution in [-0.2, 0) is 4.79 Å². The van der Waals surface area contributed by atoms with Crippen LogP contribution in [0.15, 0.2) is 42.5 Å². The molecule has 1 fully saturated rings. The number of nitrogens with one attached hydrogen (secondary N) is 3. The second-order valence-electron chi connectivity index (χ2n) is 7.47. The molecule has 3 atom stereocenters. The molecule has 1 heterocycles. The summed E-state index contributed by atoms with van der Waals surface area (Å²) in [6.45, 7) is 6.45. The fourth-order valence-corrected chi connectivity index (χ4v) is 3.56. The minimum absolute atomic E-state index is 0.0172. The minimum atomic E-state index is -0.232. The Labute approximate surface area is 176 Å². The first-order chi connectivity index (χ1) is 13.9. The van der Waals surface area contributed by atoms with Gasteiger partial charge in [0.15, 0.2) is 11.5 Å². The summed E-state index contributed by atoms with van der Waals surface area (Å²) in [6, 6.07) is 13.0. The van der Waals surface area contributed by atoms with Crippen molar-refractivity contribution in [3.05, 3.63) is 58.6 Å². The first kappa shape index (κ1) is 21.4. The molecule has 0 aromatic heterocycles. The normalized spacial score (nSPS) is 19.8. The molecular weight excluding hydrogens is 390 g/mol. The van der Waals surface area contributed by atoms with Gasteiger partial charge in [0, 0.05) is 11.6 Å². The first-order valence-corrected chi connectivity index (χ1v) is 10.2. The van der Waals surface area contributed by atoms with Gasteiger partial charge in [-0.1, -0.05) is 29.8 Å². The molecule has 156 valence electrons. The fourth-order valence-electron chi connectivity index (χ4n) is 3.44. The van der Waals surface area contributed by atoms with Crippen LogP contribution in [0, 0.1) is 5.92 Å². The molecule has 3 rings (SSSR count). The zero-order valence-electron chi connectivity index (χ0n) is 17.2. The summed E-state index contributed by atoms with van der Waals surface area (Å²) >= 11 is 5.98. The lowest BCUT2D eigenvalue weighted by Gasteiger charge is -2.22. The van der Waals surface area contributed by atoms with Crippen molar-refractivity contribution in [3.63, 3.8) is 0 Å². The average Bonchev–Trinajstić information content (AvgIpc) is 3.18. The largest absolute Gasteiger partial charge is 0.493 e. The van der Waals surface area contributed by atoms with E-state index in [0.29, 0.717) is 23.1 Å². The Morgan fingerprint density at radius 1 is 1.14 bits per heavy atom. The molecule has 7 heteroatoms. The van der Waals surface area contributed by atoms with Gasteiger partial charge in [0.2, 0.25) is 5.91 Å². The topological polar surface area (TPSA) is 71.6 Å². The summed E-state index contributed by atoms with van der Waals surface area (Å²) in [5, 5.41) is 3.79. The van der Waals surface area contributed by atoms with Gasteiger partial charge in [0.1, 0.15) is 0 Å². The lowest BCUT2D eigenvalue weighted by Crippen LogP contribution is -2.36. The Bertz CT molecular complexity index is 842. The van der Waals surface area contributed by atoms with Crippen molar-refractivity contribution in [1.29, 1.82) is 0 Å². The Hall–Kier alpha value is -2.28. The predicted octanol–water partition coefficient (Wildman–Crippen LogP) is 3.78. The van der Waals surface area contributed by atoms with E-state index in [1.807, 2.05) is 63.2 Å². The molecule has 3 N–H and O–H groups in total. The molecule has 1 amide bonds.